The third kappa shape index (κ3) is 6.57. The second-order valence-corrected chi connectivity index (χ2v) is 14.8. The van der Waals surface area contributed by atoms with E-state index in [1.807, 2.05) is 33.8 Å². The van der Waals surface area contributed by atoms with E-state index in [0.29, 0.717) is 51.0 Å². The molecule has 2 aromatic heterocycles. The van der Waals surface area contributed by atoms with Crippen molar-refractivity contribution in [2.75, 3.05) is 5.32 Å². The van der Waals surface area contributed by atoms with Gasteiger partial charge in [0.15, 0.2) is 0 Å². The third-order valence-corrected chi connectivity index (χ3v) is 10.3. The van der Waals surface area contributed by atoms with Crippen molar-refractivity contribution in [1.82, 2.24) is 40.6 Å². The molecule has 3 amide bonds. The van der Waals surface area contributed by atoms with Gasteiger partial charge in [-0.25, -0.2) is 4.68 Å². The Morgan fingerprint density at radius 3 is 2.47 bits per heavy atom. The van der Waals surface area contributed by atoms with Gasteiger partial charge in [-0.1, -0.05) is 49.7 Å². The number of fused-ring (bicyclic) bond motifs is 1. The SMILES string of the molecule is CC1(C)[C@H](NC(=O)c2ccc(-n3cc(CNc4ccc5nnn(C6CCC(=O)NC6=O)c(=O)c5c4)nn3)cc2)C(C)(C)[C@H]1Oc1ccc(C#N)c(Cl)c1. The molecule has 5 aromatic rings. The van der Waals surface area contributed by atoms with Crippen molar-refractivity contribution in [1.29, 1.82) is 5.26 Å². The van der Waals surface area contributed by atoms with Crippen molar-refractivity contribution in [3.8, 4) is 17.5 Å². The third-order valence-electron chi connectivity index (χ3n) is 10.0. The first-order valence-electron chi connectivity index (χ1n) is 16.9. The van der Waals surface area contributed by atoms with Crippen LogP contribution in [0, 0.1) is 22.2 Å². The van der Waals surface area contributed by atoms with Crippen LogP contribution in [0.25, 0.3) is 16.6 Å². The summed E-state index contributed by atoms with van der Waals surface area (Å²) in [5, 5.41) is 35.0. The van der Waals surface area contributed by atoms with Crippen molar-refractivity contribution >= 4 is 45.9 Å². The molecular weight excluding hydrogens is 700 g/mol. The fourth-order valence-corrected chi connectivity index (χ4v) is 7.77. The number of hydrogen-bond donors (Lipinski definition) is 3. The molecule has 2 fully saturated rings. The van der Waals surface area contributed by atoms with Crippen LogP contribution in [-0.4, -0.2) is 59.9 Å². The zero-order valence-electron chi connectivity index (χ0n) is 29.3. The molecule has 1 aliphatic heterocycles. The summed E-state index contributed by atoms with van der Waals surface area (Å²) in [5.74, 6) is -0.612. The number of imide groups is 1. The molecule has 53 heavy (non-hydrogen) atoms. The molecule has 0 radical (unpaired) electrons. The van der Waals surface area contributed by atoms with E-state index in [-0.39, 0.29) is 42.2 Å². The molecule has 3 N–H and O–H groups in total. The van der Waals surface area contributed by atoms with Gasteiger partial charge in [0.1, 0.15) is 35.2 Å². The van der Waals surface area contributed by atoms with E-state index in [4.69, 9.17) is 16.3 Å². The molecule has 1 unspecified atom stereocenters. The molecule has 1 atom stereocenters. The molecule has 1 saturated heterocycles. The number of halogens is 1. The van der Waals surface area contributed by atoms with Gasteiger partial charge < -0.3 is 15.4 Å². The van der Waals surface area contributed by atoms with Crippen LogP contribution in [0.1, 0.15) is 68.2 Å². The van der Waals surface area contributed by atoms with Crippen LogP contribution in [0.5, 0.6) is 5.75 Å². The lowest BCUT2D eigenvalue weighted by molar-refractivity contribution is -0.164. The molecule has 270 valence electrons. The van der Waals surface area contributed by atoms with Crippen molar-refractivity contribution < 1.29 is 19.1 Å². The molecule has 0 bridgehead atoms. The number of hydrogen-bond acceptors (Lipinski definition) is 11. The minimum Gasteiger partial charge on any atom is -0.489 e. The molecule has 7 rings (SSSR count). The van der Waals surface area contributed by atoms with Crippen molar-refractivity contribution in [3.05, 3.63) is 99.1 Å². The standard InChI is InChI=1S/C37H35ClN10O5/c1-36(2)34(37(3,4)35(36)53-25-11-7-21(17-39)27(38)16-25)42-31(50)20-5-9-24(10-6-20)47-19-23(43-45-47)18-40-22-8-12-28-26(15-22)33(52)48(46-44-28)29-13-14-30(49)41-32(29)51/h5-12,15-16,19,29,34-35,40H,13-14,18H2,1-4H3,(H,42,50)(H,41,49,51)/t29?,34-,35-. The number of carbonyl (C=O) groups excluding carboxylic acids is 3. The lowest BCUT2D eigenvalue weighted by atomic mass is 9.49. The first-order valence-corrected chi connectivity index (χ1v) is 17.3. The number of ether oxygens (including phenoxy) is 1. The van der Waals surface area contributed by atoms with Crippen LogP contribution < -0.4 is 26.2 Å². The molecule has 15 nitrogen and oxygen atoms in total. The Bertz CT molecular complexity index is 2360. The fourth-order valence-electron chi connectivity index (χ4n) is 7.56. The maximum absolute atomic E-state index is 13.4. The first kappa shape index (κ1) is 35.3. The number of aromatic nitrogens is 6. The van der Waals surface area contributed by atoms with Gasteiger partial charge in [-0.15, -0.1) is 10.2 Å². The summed E-state index contributed by atoms with van der Waals surface area (Å²) in [7, 11) is 0. The zero-order chi connectivity index (χ0) is 37.7. The molecular formula is C37H35ClN10O5. The van der Waals surface area contributed by atoms with Crippen LogP contribution in [0.2, 0.25) is 5.02 Å². The quantitative estimate of drug-likeness (QED) is 0.184. The number of benzene rings is 3. The van der Waals surface area contributed by atoms with E-state index >= 15 is 0 Å². The highest BCUT2D eigenvalue weighted by Gasteiger charge is 2.64. The smallest absolute Gasteiger partial charge is 0.278 e. The summed E-state index contributed by atoms with van der Waals surface area (Å²) in [6, 6.07) is 18.0. The highest BCUT2D eigenvalue weighted by molar-refractivity contribution is 6.31. The highest BCUT2D eigenvalue weighted by Crippen LogP contribution is 2.55. The van der Waals surface area contributed by atoms with Gasteiger partial charge in [0, 0.05) is 40.6 Å². The Balaban J connectivity index is 0.974. The Labute approximate surface area is 308 Å². The summed E-state index contributed by atoms with van der Waals surface area (Å²) < 4.78 is 8.96. The lowest BCUT2D eigenvalue weighted by Gasteiger charge is -2.63. The van der Waals surface area contributed by atoms with E-state index in [1.165, 1.54) is 0 Å². The molecule has 2 aliphatic rings. The average Bonchev–Trinajstić information content (AvgIpc) is 3.61. The summed E-state index contributed by atoms with van der Waals surface area (Å²) in [4.78, 5) is 50.5. The lowest BCUT2D eigenvalue weighted by Crippen LogP contribution is -2.74. The number of amides is 3. The Morgan fingerprint density at radius 2 is 1.77 bits per heavy atom. The van der Waals surface area contributed by atoms with E-state index < -0.39 is 28.3 Å². The molecule has 0 spiro atoms. The molecule has 3 heterocycles. The molecule has 1 saturated carbocycles. The molecule has 16 heteroatoms. The van der Waals surface area contributed by atoms with Crippen LogP contribution >= 0.6 is 11.6 Å². The summed E-state index contributed by atoms with van der Waals surface area (Å²) in [6.45, 7) is 8.49. The van der Waals surface area contributed by atoms with E-state index in [9.17, 15) is 24.4 Å². The number of piperidine rings is 1. The minimum absolute atomic E-state index is 0.110. The van der Waals surface area contributed by atoms with Crippen molar-refractivity contribution in [2.45, 2.75) is 65.3 Å². The first-order chi connectivity index (χ1) is 25.3. The van der Waals surface area contributed by atoms with E-state index in [1.54, 1.807) is 71.5 Å². The predicted molar refractivity (Wildman–Crippen MR) is 193 cm³/mol. The van der Waals surface area contributed by atoms with Gasteiger partial charge in [0.2, 0.25) is 5.91 Å². The predicted octanol–water partition coefficient (Wildman–Crippen LogP) is 4.10. The van der Waals surface area contributed by atoms with Crippen LogP contribution in [0.3, 0.4) is 0 Å². The van der Waals surface area contributed by atoms with Crippen LogP contribution in [-0.2, 0) is 16.1 Å². The van der Waals surface area contributed by atoms with Crippen LogP contribution in [0.4, 0.5) is 5.69 Å². The number of rotatable bonds is 9. The molecule has 3 aromatic carbocycles. The second-order valence-electron chi connectivity index (χ2n) is 14.4. The topological polar surface area (TPSA) is 199 Å². The van der Waals surface area contributed by atoms with Gasteiger partial charge in [0.05, 0.1) is 34.4 Å². The van der Waals surface area contributed by atoms with E-state index in [0.717, 1.165) is 4.68 Å². The van der Waals surface area contributed by atoms with Gasteiger partial charge >= 0.3 is 0 Å². The normalized spacial score (nSPS) is 20.2. The zero-order valence-corrected chi connectivity index (χ0v) is 30.0. The second kappa shape index (κ2) is 13.4. The highest BCUT2D eigenvalue weighted by atomic mass is 35.5. The molecule has 1 aliphatic carbocycles. The maximum Gasteiger partial charge on any atom is 0.278 e. The van der Waals surface area contributed by atoms with Gasteiger partial charge in [0.25, 0.3) is 17.4 Å². The summed E-state index contributed by atoms with van der Waals surface area (Å²) >= 11 is 6.22. The number of nitrogens with one attached hydrogen (secondary N) is 3. The van der Waals surface area contributed by atoms with Gasteiger partial charge in [-0.2, -0.15) is 9.94 Å². The average molecular weight is 735 g/mol. The van der Waals surface area contributed by atoms with Crippen molar-refractivity contribution in [3.63, 3.8) is 0 Å². The van der Waals surface area contributed by atoms with E-state index in [2.05, 4.69) is 36.6 Å². The summed E-state index contributed by atoms with van der Waals surface area (Å²) in [6.07, 6.45) is 1.81. The largest absolute Gasteiger partial charge is 0.489 e. The van der Waals surface area contributed by atoms with Crippen molar-refractivity contribution in [2.24, 2.45) is 10.8 Å². The Kier molecular flexibility index (Phi) is 8.95. The Morgan fingerprint density at radius 1 is 1.02 bits per heavy atom. The van der Waals surface area contributed by atoms with Gasteiger partial charge in [-0.05, 0) is 61.0 Å². The minimum atomic E-state index is -0.912. The number of nitriles is 1. The number of anilines is 1. The monoisotopic (exact) mass is 734 g/mol. The number of carbonyl (C=O) groups is 3. The number of nitrogens with zero attached hydrogens (tertiary/aromatic N) is 7. The Hall–Kier alpha value is -6.14. The summed E-state index contributed by atoms with van der Waals surface area (Å²) in [5.41, 5.74) is 1.90. The maximum atomic E-state index is 13.4. The van der Waals surface area contributed by atoms with Gasteiger partial charge in [-0.3, -0.25) is 24.5 Å². The fraction of sp³-hybridized carbons (Fsp3) is 0.324. The van der Waals surface area contributed by atoms with Crippen LogP contribution in [0.15, 0.2) is 71.7 Å².